The molecule has 1 heterocycles. The van der Waals surface area contributed by atoms with Crippen molar-refractivity contribution in [3.05, 3.63) is 53.3 Å². The van der Waals surface area contributed by atoms with Crippen LogP contribution in [0.1, 0.15) is 16.7 Å². The van der Waals surface area contributed by atoms with E-state index in [-0.39, 0.29) is 6.54 Å². The average molecular weight is 273 g/mol. The number of benzene rings is 1. The molecule has 5 nitrogen and oxygen atoms in total. The van der Waals surface area contributed by atoms with Crippen LogP contribution in [0.2, 0.25) is 0 Å². The van der Waals surface area contributed by atoms with Gasteiger partial charge in [0.15, 0.2) is 0 Å². The second-order valence-electron chi connectivity index (χ2n) is 5.16. The molecular weight excluding hydrogens is 254 g/mol. The summed E-state index contributed by atoms with van der Waals surface area (Å²) in [6.45, 7) is 2.01. The molecule has 5 heteroatoms. The molecule has 1 atom stereocenters. The molecule has 0 saturated heterocycles. The number of rotatable bonds is 5. The van der Waals surface area contributed by atoms with E-state index in [1.807, 2.05) is 37.4 Å². The molecule has 1 aromatic heterocycles. The number of aliphatic carboxylic acids is 1. The topological polar surface area (TPSA) is 81.1 Å². The zero-order valence-corrected chi connectivity index (χ0v) is 11.7. The lowest BCUT2D eigenvalue weighted by molar-refractivity contribution is -0.143. The van der Waals surface area contributed by atoms with E-state index < -0.39 is 11.4 Å². The Hall–Kier alpha value is -2.14. The van der Waals surface area contributed by atoms with Crippen molar-refractivity contribution in [3.63, 3.8) is 0 Å². The molecule has 2 aromatic rings. The van der Waals surface area contributed by atoms with Crippen LogP contribution in [-0.2, 0) is 23.7 Å². The Morgan fingerprint density at radius 1 is 1.40 bits per heavy atom. The first kappa shape index (κ1) is 14.3. The van der Waals surface area contributed by atoms with Gasteiger partial charge in [-0.05, 0) is 24.5 Å². The predicted octanol–water partition coefficient (Wildman–Crippen LogP) is 1.25. The van der Waals surface area contributed by atoms with Crippen LogP contribution in [0, 0.1) is 6.92 Å². The highest BCUT2D eigenvalue weighted by Gasteiger charge is 2.39. The van der Waals surface area contributed by atoms with E-state index in [1.54, 1.807) is 17.9 Å². The van der Waals surface area contributed by atoms with Crippen LogP contribution in [0.15, 0.2) is 36.7 Å². The van der Waals surface area contributed by atoms with E-state index >= 15 is 0 Å². The molecule has 0 radical (unpaired) electrons. The summed E-state index contributed by atoms with van der Waals surface area (Å²) < 4.78 is 1.66. The van der Waals surface area contributed by atoms with E-state index in [4.69, 9.17) is 5.73 Å². The van der Waals surface area contributed by atoms with Crippen molar-refractivity contribution in [2.75, 3.05) is 6.54 Å². The van der Waals surface area contributed by atoms with Crippen molar-refractivity contribution in [1.82, 2.24) is 9.78 Å². The van der Waals surface area contributed by atoms with Crippen LogP contribution in [-0.4, -0.2) is 27.4 Å². The monoisotopic (exact) mass is 273 g/mol. The van der Waals surface area contributed by atoms with E-state index in [0.29, 0.717) is 6.42 Å². The minimum Gasteiger partial charge on any atom is -0.481 e. The maximum Gasteiger partial charge on any atom is 0.315 e. The normalized spacial score (nSPS) is 13.9. The number of nitrogens with two attached hydrogens (primary N) is 1. The van der Waals surface area contributed by atoms with Crippen LogP contribution in [0.4, 0.5) is 0 Å². The van der Waals surface area contributed by atoms with Gasteiger partial charge >= 0.3 is 5.97 Å². The number of nitrogens with zero attached hydrogens (tertiary/aromatic N) is 2. The van der Waals surface area contributed by atoms with Crippen LogP contribution in [0.3, 0.4) is 0 Å². The van der Waals surface area contributed by atoms with Crippen molar-refractivity contribution in [1.29, 1.82) is 0 Å². The van der Waals surface area contributed by atoms with E-state index in [2.05, 4.69) is 5.10 Å². The molecule has 0 fully saturated rings. The zero-order chi connectivity index (χ0) is 14.8. The maximum absolute atomic E-state index is 11.8. The summed E-state index contributed by atoms with van der Waals surface area (Å²) in [7, 11) is 1.81. The molecule has 0 saturated carbocycles. The number of aromatic nitrogens is 2. The Morgan fingerprint density at radius 2 is 2.05 bits per heavy atom. The number of carboxylic acid groups (broad SMARTS) is 1. The van der Waals surface area contributed by atoms with Gasteiger partial charge in [-0.2, -0.15) is 5.10 Å². The summed E-state index contributed by atoms with van der Waals surface area (Å²) in [5.74, 6) is -0.910. The first-order valence-electron chi connectivity index (χ1n) is 6.46. The lowest BCUT2D eigenvalue weighted by Crippen LogP contribution is -2.44. The second kappa shape index (κ2) is 5.46. The molecular formula is C15H19N3O2. The third-order valence-corrected chi connectivity index (χ3v) is 3.63. The summed E-state index contributed by atoms with van der Waals surface area (Å²) in [5.41, 5.74) is 7.39. The maximum atomic E-state index is 11.8. The fourth-order valence-corrected chi connectivity index (χ4v) is 2.36. The molecule has 1 unspecified atom stereocenters. The summed E-state index contributed by atoms with van der Waals surface area (Å²) in [5, 5.41) is 13.8. The van der Waals surface area contributed by atoms with Crippen molar-refractivity contribution >= 4 is 5.97 Å². The van der Waals surface area contributed by atoms with Crippen molar-refractivity contribution in [2.45, 2.75) is 18.8 Å². The number of carboxylic acids is 1. The molecule has 0 aliphatic rings. The Kier molecular flexibility index (Phi) is 3.90. The molecule has 0 bridgehead atoms. The lowest BCUT2D eigenvalue weighted by Gasteiger charge is -2.28. The van der Waals surface area contributed by atoms with Crippen LogP contribution in [0.5, 0.6) is 0 Å². The van der Waals surface area contributed by atoms with Gasteiger partial charge in [0.05, 0.1) is 6.20 Å². The third-order valence-electron chi connectivity index (χ3n) is 3.63. The molecule has 0 aliphatic carbocycles. The minimum atomic E-state index is -1.11. The second-order valence-corrected chi connectivity index (χ2v) is 5.16. The standard InChI is InChI=1S/C15H19N3O2/c1-11-3-5-13(6-4-11)15(10-16,14(19)20)7-12-8-17-18(2)9-12/h3-6,8-9H,7,10,16H2,1-2H3,(H,19,20). The predicted molar refractivity (Wildman–Crippen MR) is 76.5 cm³/mol. The SMILES string of the molecule is Cc1ccc(C(CN)(Cc2cnn(C)c2)C(=O)O)cc1. The third kappa shape index (κ3) is 2.58. The molecule has 3 N–H and O–H groups in total. The van der Waals surface area contributed by atoms with Gasteiger partial charge in [-0.15, -0.1) is 0 Å². The highest BCUT2D eigenvalue weighted by Crippen LogP contribution is 2.28. The number of carbonyl (C=O) groups is 1. The van der Waals surface area contributed by atoms with Crippen LogP contribution >= 0.6 is 0 Å². The summed E-state index contributed by atoms with van der Waals surface area (Å²) in [6, 6.07) is 7.50. The average Bonchev–Trinajstić information content (AvgIpc) is 2.82. The highest BCUT2D eigenvalue weighted by molar-refractivity contribution is 5.82. The van der Waals surface area contributed by atoms with Gasteiger partial charge in [-0.1, -0.05) is 29.8 Å². The fourth-order valence-electron chi connectivity index (χ4n) is 2.36. The molecule has 0 aliphatic heterocycles. The lowest BCUT2D eigenvalue weighted by atomic mass is 9.76. The van der Waals surface area contributed by atoms with Crippen molar-refractivity contribution in [3.8, 4) is 0 Å². The number of aryl methyl sites for hydroxylation is 2. The summed E-state index contributed by atoms with van der Waals surface area (Å²) >= 11 is 0. The fraction of sp³-hybridized carbons (Fsp3) is 0.333. The summed E-state index contributed by atoms with van der Waals surface area (Å²) in [4.78, 5) is 11.8. The number of hydrogen-bond acceptors (Lipinski definition) is 3. The van der Waals surface area contributed by atoms with Crippen molar-refractivity contribution < 1.29 is 9.90 Å². The smallest absolute Gasteiger partial charge is 0.315 e. The van der Waals surface area contributed by atoms with Gasteiger partial charge in [0.2, 0.25) is 0 Å². The number of hydrogen-bond donors (Lipinski definition) is 2. The van der Waals surface area contributed by atoms with E-state index in [1.165, 1.54) is 0 Å². The van der Waals surface area contributed by atoms with Crippen LogP contribution in [0.25, 0.3) is 0 Å². The quantitative estimate of drug-likeness (QED) is 0.859. The molecule has 0 amide bonds. The Balaban J connectivity index is 2.44. The van der Waals surface area contributed by atoms with Gasteiger partial charge in [-0.25, -0.2) is 0 Å². The van der Waals surface area contributed by atoms with Gasteiger partial charge in [0.25, 0.3) is 0 Å². The molecule has 0 spiro atoms. The van der Waals surface area contributed by atoms with Gasteiger partial charge in [0.1, 0.15) is 5.41 Å². The van der Waals surface area contributed by atoms with E-state index in [9.17, 15) is 9.90 Å². The van der Waals surface area contributed by atoms with Gasteiger partial charge in [0, 0.05) is 19.8 Å². The Morgan fingerprint density at radius 3 is 2.50 bits per heavy atom. The van der Waals surface area contributed by atoms with Crippen molar-refractivity contribution in [2.24, 2.45) is 12.8 Å². The zero-order valence-electron chi connectivity index (χ0n) is 11.7. The first-order valence-corrected chi connectivity index (χ1v) is 6.46. The van der Waals surface area contributed by atoms with E-state index in [0.717, 1.165) is 16.7 Å². The Labute approximate surface area is 118 Å². The van der Waals surface area contributed by atoms with Gasteiger partial charge < -0.3 is 10.8 Å². The molecule has 20 heavy (non-hydrogen) atoms. The highest BCUT2D eigenvalue weighted by atomic mass is 16.4. The van der Waals surface area contributed by atoms with Gasteiger partial charge in [-0.3, -0.25) is 9.48 Å². The first-order chi connectivity index (χ1) is 9.48. The van der Waals surface area contributed by atoms with Crippen LogP contribution < -0.4 is 5.73 Å². The molecule has 2 rings (SSSR count). The molecule has 1 aromatic carbocycles. The molecule has 106 valence electrons. The summed E-state index contributed by atoms with van der Waals surface area (Å²) in [6.07, 6.45) is 3.83. The largest absolute Gasteiger partial charge is 0.481 e. The Bertz CT molecular complexity index is 604. The minimum absolute atomic E-state index is 0.0420.